The molecule has 1 aliphatic rings. The highest BCUT2D eigenvalue weighted by atomic mass is 16.5. The number of amides is 4. The summed E-state index contributed by atoms with van der Waals surface area (Å²) in [6.07, 6.45) is 0.529. The Kier molecular flexibility index (Phi) is 7.11. The van der Waals surface area contributed by atoms with Crippen LogP contribution < -0.4 is 5.32 Å². The summed E-state index contributed by atoms with van der Waals surface area (Å²) in [7, 11) is 0. The Hall–Kier alpha value is -4.59. The lowest BCUT2D eigenvalue weighted by atomic mass is 10.1. The van der Waals surface area contributed by atoms with E-state index in [1.807, 2.05) is 36.4 Å². The van der Waals surface area contributed by atoms with Crippen molar-refractivity contribution in [2.75, 3.05) is 13.2 Å². The van der Waals surface area contributed by atoms with Crippen molar-refractivity contribution >= 4 is 29.6 Å². The maximum atomic E-state index is 12.8. The van der Waals surface area contributed by atoms with Crippen molar-refractivity contribution in [2.24, 2.45) is 0 Å². The first kappa shape index (κ1) is 23.6. The van der Waals surface area contributed by atoms with E-state index in [2.05, 4.69) is 5.32 Å². The van der Waals surface area contributed by atoms with Gasteiger partial charge in [0, 0.05) is 6.54 Å². The summed E-state index contributed by atoms with van der Waals surface area (Å²) in [6, 6.07) is 22.4. The molecular weight excluding hydrogens is 448 g/mol. The highest BCUT2D eigenvalue weighted by Gasteiger charge is 2.35. The first-order valence-electron chi connectivity index (χ1n) is 11.0. The van der Waals surface area contributed by atoms with E-state index in [0.29, 0.717) is 6.42 Å². The summed E-state index contributed by atoms with van der Waals surface area (Å²) in [5.41, 5.74) is 2.08. The van der Waals surface area contributed by atoms with Gasteiger partial charge in [-0.05, 0) is 35.7 Å². The van der Waals surface area contributed by atoms with Crippen molar-refractivity contribution in [2.45, 2.75) is 12.8 Å². The predicted octanol–water partition coefficient (Wildman–Crippen LogP) is 2.57. The zero-order valence-corrected chi connectivity index (χ0v) is 18.7. The lowest BCUT2D eigenvalue weighted by Gasteiger charge is -2.13. The van der Waals surface area contributed by atoms with Gasteiger partial charge in [0.2, 0.25) is 5.91 Å². The third-order valence-electron chi connectivity index (χ3n) is 5.49. The van der Waals surface area contributed by atoms with Crippen molar-refractivity contribution in [1.29, 1.82) is 0 Å². The molecule has 4 amide bonds. The van der Waals surface area contributed by atoms with Crippen LogP contribution in [0.3, 0.4) is 0 Å². The van der Waals surface area contributed by atoms with Crippen LogP contribution in [0.5, 0.6) is 0 Å². The van der Waals surface area contributed by atoms with E-state index >= 15 is 0 Å². The molecule has 8 nitrogen and oxygen atoms in total. The van der Waals surface area contributed by atoms with E-state index in [-0.39, 0.29) is 29.7 Å². The van der Waals surface area contributed by atoms with Crippen molar-refractivity contribution in [3.05, 3.63) is 107 Å². The third-order valence-corrected chi connectivity index (χ3v) is 5.49. The maximum Gasteiger partial charge on any atom is 0.338 e. The number of nitrogens with zero attached hydrogens (tertiary/aromatic N) is 1. The number of imide groups is 2. The Bertz CT molecular complexity index is 1290. The van der Waals surface area contributed by atoms with Crippen LogP contribution in [-0.4, -0.2) is 47.6 Å². The van der Waals surface area contributed by atoms with Gasteiger partial charge in [-0.15, -0.1) is 0 Å². The van der Waals surface area contributed by atoms with Gasteiger partial charge in [-0.2, -0.15) is 0 Å². The van der Waals surface area contributed by atoms with Gasteiger partial charge in [0.1, 0.15) is 0 Å². The molecule has 1 N–H and O–H groups in total. The van der Waals surface area contributed by atoms with Crippen molar-refractivity contribution in [3.8, 4) is 0 Å². The normalized spacial score (nSPS) is 12.3. The number of carbonyl (C=O) groups excluding carboxylic acids is 5. The topological polar surface area (TPSA) is 110 Å². The van der Waals surface area contributed by atoms with Crippen LogP contribution >= 0.6 is 0 Å². The van der Waals surface area contributed by atoms with Crippen LogP contribution in [-0.2, 0) is 27.2 Å². The van der Waals surface area contributed by atoms with E-state index < -0.39 is 36.2 Å². The van der Waals surface area contributed by atoms with Crippen molar-refractivity contribution < 1.29 is 28.7 Å². The van der Waals surface area contributed by atoms with E-state index in [1.165, 1.54) is 18.2 Å². The fourth-order valence-corrected chi connectivity index (χ4v) is 3.74. The third kappa shape index (κ3) is 5.67. The summed E-state index contributed by atoms with van der Waals surface area (Å²) >= 11 is 0. The number of hydrogen-bond acceptors (Lipinski definition) is 6. The number of hydrogen-bond donors (Lipinski definition) is 1. The minimum absolute atomic E-state index is 0.0161. The standard InChI is InChI=1S/C27H22N2O6/c30-23(15-19-9-5-2-6-10-19)28-24(31)17-35-27(34)20-11-12-21-22(16-20)26(33)29(25(21)32)14-13-18-7-3-1-4-8-18/h1-12,16H,13-15,17H2,(H,28,30,31). The monoisotopic (exact) mass is 470 g/mol. The van der Waals surface area contributed by atoms with E-state index in [0.717, 1.165) is 16.0 Å². The fourth-order valence-electron chi connectivity index (χ4n) is 3.74. The molecule has 35 heavy (non-hydrogen) atoms. The Balaban J connectivity index is 1.32. The second-order valence-corrected chi connectivity index (χ2v) is 7.97. The average molecular weight is 470 g/mol. The van der Waals surface area contributed by atoms with Crippen molar-refractivity contribution in [3.63, 3.8) is 0 Å². The van der Waals surface area contributed by atoms with Gasteiger partial charge in [-0.25, -0.2) is 4.79 Å². The molecule has 3 aromatic carbocycles. The molecule has 0 saturated carbocycles. The van der Waals surface area contributed by atoms with Gasteiger partial charge >= 0.3 is 5.97 Å². The molecule has 0 unspecified atom stereocenters. The molecule has 8 heteroatoms. The first-order valence-corrected chi connectivity index (χ1v) is 11.0. The van der Waals surface area contributed by atoms with Gasteiger partial charge in [-0.1, -0.05) is 60.7 Å². The fraction of sp³-hybridized carbons (Fsp3) is 0.148. The van der Waals surface area contributed by atoms with Crippen LogP contribution in [0.4, 0.5) is 0 Å². The Morgan fingerprint density at radius 2 is 1.37 bits per heavy atom. The minimum Gasteiger partial charge on any atom is -0.452 e. The highest BCUT2D eigenvalue weighted by Crippen LogP contribution is 2.24. The first-order chi connectivity index (χ1) is 16.9. The number of benzene rings is 3. The summed E-state index contributed by atoms with van der Waals surface area (Å²) in [5.74, 6) is -3.04. The zero-order valence-electron chi connectivity index (χ0n) is 18.7. The summed E-state index contributed by atoms with van der Waals surface area (Å²) in [6.45, 7) is -0.445. The van der Waals surface area contributed by atoms with Crippen LogP contribution in [0, 0.1) is 0 Å². The zero-order chi connectivity index (χ0) is 24.8. The van der Waals surface area contributed by atoms with Gasteiger partial charge in [-0.3, -0.25) is 29.4 Å². The summed E-state index contributed by atoms with van der Waals surface area (Å²) < 4.78 is 4.98. The van der Waals surface area contributed by atoms with Crippen molar-refractivity contribution in [1.82, 2.24) is 10.2 Å². The number of fused-ring (bicyclic) bond motifs is 1. The lowest BCUT2D eigenvalue weighted by molar-refractivity contribution is -0.132. The second kappa shape index (κ2) is 10.6. The molecule has 0 fully saturated rings. The number of nitrogens with one attached hydrogen (secondary N) is 1. The van der Waals surface area contributed by atoms with E-state index in [1.54, 1.807) is 24.3 Å². The molecule has 0 bridgehead atoms. The molecule has 1 aliphatic heterocycles. The average Bonchev–Trinajstić information content (AvgIpc) is 3.11. The van der Waals surface area contributed by atoms with Gasteiger partial charge in [0.25, 0.3) is 17.7 Å². The number of ether oxygens (including phenoxy) is 1. The molecule has 0 saturated heterocycles. The quantitative estimate of drug-likeness (QED) is 0.400. The molecule has 0 radical (unpaired) electrons. The van der Waals surface area contributed by atoms with E-state index in [9.17, 15) is 24.0 Å². The summed E-state index contributed by atoms with van der Waals surface area (Å²) in [4.78, 5) is 63.0. The van der Waals surface area contributed by atoms with Gasteiger partial charge in [0.05, 0.1) is 23.1 Å². The Morgan fingerprint density at radius 1 is 0.743 bits per heavy atom. The summed E-state index contributed by atoms with van der Waals surface area (Å²) in [5, 5.41) is 2.16. The SMILES string of the molecule is O=C(COC(=O)c1ccc2c(c1)C(=O)N(CCc1ccccc1)C2=O)NC(=O)Cc1ccccc1. The molecule has 0 aromatic heterocycles. The van der Waals surface area contributed by atoms with Crippen LogP contribution in [0.15, 0.2) is 78.9 Å². The molecule has 1 heterocycles. The molecule has 0 atom stereocenters. The number of carbonyl (C=O) groups is 5. The van der Waals surface area contributed by atoms with Gasteiger partial charge < -0.3 is 4.74 Å². The lowest BCUT2D eigenvalue weighted by Crippen LogP contribution is -2.35. The largest absolute Gasteiger partial charge is 0.452 e. The molecule has 4 rings (SSSR count). The minimum atomic E-state index is -0.846. The number of esters is 1. The maximum absolute atomic E-state index is 12.8. The predicted molar refractivity (Wildman–Crippen MR) is 126 cm³/mol. The van der Waals surface area contributed by atoms with Gasteiger partial charge in [0.15, 0.2) is 6.61 Å². The molecule has 0 aliphatic carbocycles. The van der Waals surface area contributed by atoms with Crippen LogP contribution in [0.1, 0.15) is 42.2 Å². The highest BCUT2D eigenvalue weighted by molar-refractivity contribution is 6.22. The second-order valence-electron chi connectivity index (χ2n) is 7.97. The molecule has 0 spiro atoms. The Labute approximate surface area is 201 Å². The van der Waals surface area contributed by atoms with Crippen LogP contribution in [0.2, 0.25) is 0 Å². The smallest absolute Gasteiger partial charge is 0.338 e. The Morgan fingerprint density at radius 3 is 2.06 bits per heavy atom. The van der Waals surface area contributed by atoms with E-state index in [4.69, 9.17) is 4.74 Å². The molecule has 176 valence electrons. The number of rotatable bonds is 8. The van der Waals surface area contributed by atoms with Crippen LogP contribution in [0.25, 0.3) is 0 Å². The molecule has 3 aromatic rings. The molecular formula is C27H22N2O6.